The molecule has 182 valence electrons. The fourth-order valence-electron chi connectivity index (χ4n) is 4.73. The minimum atomic E-state index is -0.966. The van der Waals surface area contributed by atoms with Crippen LogP contribution in [0.1, 0.15) is 46.0 Å². The summed E-state index contributed by atoms with van der Waals surface area (Å²) < 4.78 is 0. The van der Waals surface area contributed by atoms with Crippen LogP contribution in [-0.2, 0) is 19.2 Å². The van der Waals surface area contributed by atoms with Crippen molar-refractivity contribution in [3.05, 3.63) is 42.5 Å². The predicted molar refractivity (Wildman–Crippen MR) is 128 cm³/mol. The quantitative estimate of drug-likeness (QED) is 0.347. The molecule has 0 radical (unpaired) electrons. The molecule has 9 heteroatoms. The molecule has 1 aliphatic carbocycles. The highest BCUT2D eigenvalue weighted by molar-refractivity contribution is 6.05. The van der Waals surface area contributed by atoms with Crippen molar-refractivity contribution in [3.63, 3.8) is 0 Å². The molecule has 34 heavy (non-hydrogen) atoms. The first-order chi connectivity index (χ1) is 16.3. The van der Waals surface area contributed by atoms with Crippen LogP contribution in [-0.4, -0.2) is 40.9 Å². The summed E-state index contributed by atoms with van der Waals surface area (Å²) in [5.74, 6) is -3.46. The summed E-state index contributed by atoms with van der Waals surface area (Å²) >= 11 is 0. The van der Waals surface area contributed by atoms with Crippen LogP contribution in [0.25, 0.3) is 10.8 Å². The Morgan fingerprint density at radius 2 is 1.65 bits per heavy atom. The average Bonchev–Trinajstić information content (AvgIpc) is 2.85. The van der Waals surface area contributed by atoms with E-state index in [0.717, 1.165) is 23.6 Å². The number of rotatable bonds is 8. The number of hydrogen-bond acceptors (Lipinski definition) is 5. The summed E-state index contributed by atoms with van der Waals surface area (Å²) in [6, 6.07) is 11.2. The summed E-state index contributed by atoms with van der Waals surface area (Å²) in [5, 5.41) is 13.6. The fourth-order valence-corrected chi connectivity index (χ4v) is 4.73. The molecule has 1 aliphatic rings. The number of nitrogens with zero attached hydrogens (tertiary/aromatic N) is 1. The topological polar surface area (TPSA) is 142 Å². The Kier molecular flexibility index (Phi) is 8.22. The van der Waals surface area contributed by atoms with Gasteiger partial charge in [-0.05, 0) is 49.1 Å². The van der Waals surface area contributed by atoms with Crippen LogP contribution in [0.15, 0.2) is 42.5 Å². The van der Waals surface area contributed by atoms with Gasteiger partial charge in [-0.3, -0.25) is 29.3 Å². The van der Waals surface area contributed by atoms with E-state index in [-0.39, 0.29) is 0 Å². The Hall–Kier alpha value is -3.46. The van der Waals surface area contributed by atoms with Crippen molar-refractivity contribution in [2.45, 2.75) is 58.0 Å². The van der Waals surface area contributed by atoms with Crippen molar-refractivity contribution in [1.29, 1.82) is 0 Å². The smallest absolute Gasteiger partial charge is 0.250 e. The molecule has 0 heterocycles. The molecule has 1 saturated carbocycles. The van der Waals surface area contributed by atoms with Crippen molar-refractivity contribution in [1.82, 2.24) is 10.8 Å². The van der Waals surface area contributed by atoms with Gasteiger partial charge in [0.2, 0.25) is 23.6 Å². The van der Waals surface area contributed by atoms with E-state index in [1.54, 1.807) is 25.4 Å². The molecule has 4 atom stereocenters. The van der Waals surface area contributed by atoms with E-state index >= 15 is 0 Å². The van der Waals surface area contributed by atoms with Gasteiger partial charge < -0.3 is 11.1 Å². The van der Waals surface area contributed by atoms with E-state index in [1.807, 2.05) is 36.4 Å². The van der Waals surface area contributed by atoms with Crippen LogP contribution in [0.4, 0.5) is 5.69 Å². The molecule has 1 fully saturated rings. The Bertz CT molecular complexity index is 1070. The molecule has 4 amide bonds. The molecular formula is C25H32N4O5. The largest absolute Gasteiger partial charge is 0.368 e. The number of nitrogens with two attached hydrogens (primary N) is 1. The number of fused-ring (bicyclic) bond motifs is 1. The van der Waals surface area contributed by atoms with Gasteiger partial charge in [0.25, 0.3) is 0 Å². The minimum absolute atomic E-state index is 0.302. The van der Waals surface area contributed by atoms with Crippen LogP contribution in [0, 0.1) is 11.8 Å². The fraction of sp³-hybridized carbons (Fsp3) is 0.440. The second-order valence-electron chi connectivity index (χ2n) is 8.77. The second kappa shape index (κ2) is 11.1. The lowest BCUT2D eigenvalue weighted by atomic mass is 9.78. The Labute approximate surface area is 198 Å². The monoisotopic (exact) mass is 468 g/mol. The van der Waals surface area contributed by atoms with Gasteiger partial charge in [-0.25, -0.2) is 5.48 Å². The zero-order valence-electron chi connectivity index (χ0n) is 19.5. The lowest BCUT2D eigenvalue weighted by molar-refractivity contribution is -0.142. The zero-order chi connectivity index (χ0) is 24.8. The first-order valence-corrected chi connectivity index (χ1v) is 11.6. The van der Waals surface area contributed by atoms with Gasteiger partial charge in [0, 0.05) is 11.6 Å². The van der Waals surface area contributed by atoms with Crippen LogP contribution in [0.3, 0.4) is 0 Å². The number of primary amides is 1. The molecule has 0 unspecified atom stereocenters. The molecule has 2 aromatic carbocycles. The van der Waals surface area contributed by atoms with Crippen LogP contribution < -0.4 is 21.4 Å². The normalized spacial score (nSPS) is 19.6. The van der Waals surface area contributed by atoms with Crippen molar-refractivity contribution >= 4 is 40.1 Å². The first-order valence-electron chi connectivity index (χ1n) is 11.6. The standard InChI is InChI=1S/C25H32N4O5/c1-3-21(22(26)30)29(18-13-12-16-8-4-5-9-17(16)14-18)25(33)15(2)27-23(31)19-10-6-7-11-20(19)24(32)28-34/h4-5,8-9,12-15,19-21,34H,3,6-7,10-11H2,1-2H3,(H2,26,30)(H,27,31)(H,28,32)/t15-,19-,20-,21-/m0/s1. The maximum Gasteiger partial charge on any atom is 0.250 e. The number of hydroxylamine groups is 1. The number of carbonyl (C=O) groups is 4. The molecule has 3 rings (SSSR count). The molecular weight excluding hydrogens is 436 g/mol. The van der Waals surface area contributed by atoms with Crippen LogP contribution >= 0.6 is 0 Å². The zero-order valence-corrected chi connectivity index (χ0v) is 19.5. The Balaban J connectivity index is 1.87. The van der Waals surface area contributed by atoms with Gasteiger partial charge >= 0.3 is 0 Å². The van der Waals surface area contributed by atoms with Crippen molar-refractivity contribution < 1.29 is 24.4 Å². The molecule has 0 spiro atoms. The summed E-state index contributed by atoms with van der Waals surface area (Å²) in [6.45, 7) is 3.31. The van der Waals surface area contributed by atoms with E-state index in [4.69, 9.17) is 10.9 Å². The van der Waals surface area contributed by atoms with Gasteiger partial charge in [0.1, 0.15) is 12.1 Å². The van der Waals surface area contributed by atoms with Gasteiger partial charge in [-0.15, -0.1) is 0 Å². The maximum atomic E-state index is 13.6. The van der Waals surface area contributed by atoms with Gasteiger partial charge in [0.15, 0.2) is 0 Å². The molecule has 9 nitrogen and oxygen atoms in total. The SMILES string of the molecule is CC[C@@H](C(N)=O)N(C(=O)[C@H](C)NC(=O)[C@H]1CCCC[C@@H]1C(=O)NO)c1ccc2ccccc2c1. The number of nitrogens with one attached hydrogen (secondary N) is 2. The number of amides is 4. The second-order valence-corrected chi connectivity index (χ2v) is 8.77. The van der Waals surface area contributed by atoms with Gasteiger partial charge in [-0.1, -0.05) is 50.1 Å². The van der Waals surface area contributed by atoms with Gasteiger partial charge in [0.05, 0.1) is 5.92 Å². The van der Waals surface area contributed by atoms with Crippen LogP contribution in [0.2, 0.25) is 0 Å². The van der Waals surface area contributed by atoms with E-state index in [0.29, 0.717) is 24.9 Å². The third-order valence-electron chi connectivity index (χ3n) is 6.55. The lowest BCUT2D eigenvalue weighted by Crippen LogP contribution is -2.56. The highest BCUT2D eigenvalue weighted by Gasteiger charge is 2.38. The molecule has 0 aromatic heterocycles. The minimum Gasteiger partial charge on any atom is -0.368 e. The lowest BCUT2D eigenvalue weighted by Gasteiger charge is -2.33. The number of hydrogen-bond donors (Lipinski definition) is 4. The van der Waals surface area contributed by atoms with Crippen molar-refractivity contribution in [2.24, 2.45) is 17.6 Å². The summed E-state index contributed by atoms with van der Waals surface area (Å²) in [6.07, 6.45) is 2.82. The highest BCUT2D eigenvalue weighted by Crippen LogP contribution is 2.31. The molecule has 0 aliphatic heterocycles. The molecule has 2 aromatic rings. The maximum absolute atomic E-state index is 13.6. The van der Waals surface area contributed by atoms with E-state index in [9.17, 15) is 19.2 Å². The van der Waals surface area contributed by atoms with E-state index in [1.165, 1.54) is 4.90 Å². The summed E-state index contributed by atoms with van der Waals surface area (Å²) in [7, 11) is 0. The van der Waals surface area contributed by atoms with E-state index in [2.05, 4.69) is 5.32 Å². The third-order valence-corrected chi connectivity index (χ3v) is 6.55. The van der Waals surface area contributed by atoms with Crippen molar-refractivity contribution in [2.75, 3.05) is 4.90 Å². The molecule has 5 N–H and O–H groups in total. The average molecular weight is 469 g/mol. The Morgan fingerprint density at radius 1 is 1.03 bits per heavy atom. The number of carbonyl (C=O) groups excluding carboxylic acids is 4. The number of anilines is 1. The summed E-state index contributed by atoms with van der Waals surface area (Å²) in [5.41, 5.74) is 7.78. The highest BCUT2D eigenvalue weighted by atomic mass is 16.5. The van der Waals surface area contributed by atoms with E-state index < -0.39 is 47.5 Å². The van der Waals surface area contributed by atoms with Gasteiger partial charge in [-0.2, -0.15) is 0 Å². The number of benzene rings is 2. The third kappa shape index (κ3) is 5.36. The summed E-state index contributed by atoms with van der Waals surface area (Å²) in [4.78, 5) is 52.2. The van der Waals surface area contributed by atoms with Crippen LogP contribution in [0.5, 0.6) is 0 Å². The molecule has 0 bridgehead atoms. The molecule has 0 saturated heterocycles. The predicted octanol–water partition coefficient (Wildman–Crippen LogP) is 2.25. The Morgan fingerprint density at radius 3 is 2.24 bits per heavy atom. The van der Waals surface area contributed by atoms with Crippen molar-refractivity contribution in [3.8, 4) is 0 Å². The first kappa shape index (κ1) is 25.2.